The minimum Gasteiger partial charge on any atom is -0.493 e. The van der Waals surface area contributed by atoms with Gasteiger partial charge in [-0.05, 0) is 31.7 Å². The van der Waals surface area contributed by atoms with Crippen molar-refractivity contribution in [3.63, 3.8) is 0 Å². The Morgan fingerprint density at radius 1 is 1.12 bits per heavy atom. The maximum atomic E-state index is 5.63. The third-order valence-corrected chi connectivity index (χ3v) is 2.20. The predicted molar refractivity (Wildman–Crippen MR) is 63.7 cm³/mol. The Kier molecular flexibility index (Phi) is 4.92. The Labute approximate surface area is 96.5 Å². The van der Waals surface area contributed by atoms with Crippen LogP contribution in [-0.2, 0) is 0 Å². The van der Waals surface area contributed by atoms with Crippen LogP contribution in [0, 0.1) is 6.92 Å². The average Bonchev–Trinajstić information content (AvgIpc) is 2.30. The lowest BCUT2D eigenvalue weighted by Gasteiger charge is -2.15. The molecule has 1 aromatic carbocycles. The van der Waals surface area contributed by atoms with Gasteiger partial charge in [-0.1, -0.05) is 0 Å². The number of hydrogen-bond acceptors (Lipinski definition) is 4. The Morgan fingerprint density at radius 3 is 2.12 bits per heavy atom. The lowest BCUT2D eigenvalue weighted by Crippen LogP contribution is -2.16. The molecule has 90 valence electrons. The van der Waals surface area contributed by atoms with Crippen molar-refractivity contribution in [2.24, 2.45) is 0 Å². The summed E-state index contributed by atoms with van der Waals surface area (Å²) >= 11 is 0. The smallest absolute Gasteiger partial charge is 0.203 e. The van der Waals surface area contributed by atoms with Crippen molar-refractivity contribution in [1.82, 2.24) is 5.32 Å². The van der Waals surface area contributed by atoms with Crippen LogP contribution in [0.4, 0.5) is 0 Å². The van der Waals surface area contributed by atoms with E-state index in [0.717, 1.165) is 12.1 Å². The highest BCUT2D eigenvalue weighted by molar-refractivity contribution is 5.53. The van der Waals surface area contributed by atoms with Gasteiger partial charge in [0.05, 0.1) is 14.2 Å². The van der Waals surface area contributed by atoms with Crippen molar-refractivity contribution >= 4 is 0 Å². The van der Waals surface area contributed by atoms with Gasteiger partial charge >= 0.3 is 0 Å². The summed E-state index contributed by atoms with van der Waals surface area (Å²) in [6.45, 7) is 3.34. The summed E-state index contributed by atoms with van der Waals surface area (Å²) < 4.78 is 16.2. The van der Waals surface area contributed by atoms with Crippen molar-refractivity contribution in [3.8, 4) is 17.2 Å². The molecule has 0 aliphatic heterocycles. The van der Waals surface area contributed by atoms with Gasteiger partial charge in [-0.15, -0.1) is 0 Å². The third-order valence-electron chi connectivity index (χ3n) is 2.20. The molecular weight excluding hydrogens is 206 g/mol. The highest BCUT2D eigenvalue weighted by atomic mass is 16.5. The van der Waals surface area contributed by atoms with Gasteiger partial charge in [0.1, 0.15) is 6.61 Å². The van der Waals surface area contributed by atoms with Gasteiger partial charge < -0.3 is 19.5 Å². The molecule has 4 nitrogen and oxygen atoms in total. The first-order chi connectivity index (χ1) is 7.72. The molecule has 1 aromatic rings. The van der Waals surface area contributed by atoms with E-state index in [9.17, 15) is 0 Å². The SMILES string of the molecule is CNCCOc1c(OC)cc(C)cc1OC. The minimum atomic E-state index is 0.576. The van der Waals surface area contributed by atoms with Crippen LogP contribution >= 0.6 is 0 Å². The van der Waals surface area contributed by atoms with Crippen molar-refractivity contribution < 1.29 is 14.2 Å². The first-order valence-electron chi connectivity index (χ1n) is 5.23. The van der Waals surface area contributed by atoms with Crippen LogP contribution in [0.5, 0.6) is 17.2 Å². The van der Waals surface area contributed by atoms with Gasteiger partial charge in [0.25, 0.3) is 0 Å². The van der Waals surface area contributed by atoms with Crippen molar-refractivity contribution in [2.75, 3.05) is 34.4 Å². The Hall–Kier alpha value is -1.42. The van der Waals surface area contributed by atoms with Gasteiger partial charge in [-0.3, -0.25) is 0 Å². The average molecular weight is 225 g/mol. The Balaban J connectivity index is 2.93. The Bertz CT molecular complexity index is 314. The summed E-state index contributed by atoms with van der Waals surface area (Å²) in [5.41, 5.74) is 1.08. The molecule has 0 aromatic heterocycles. The van der Waals surface area contributed by atoms with E-state index in [0.29, 0.717) is 23.9 Å². The Morgan fingerprint density at radius 2 is 1.69 bits per heavy atom. The summed E-state index contributed by atoms with van der Waals surface area (Å²) in [4.78, 5) is 0. The molecule has 1 N–H and O–H groups in total. The standard InChI is InChI=1S/C12H19NO3/c1-9-7-10(14-3)12(11(8-9)15-4)16-6-5-13-2/h7-8,13H,5-6H2,1-4H3. The number of benzene rings is 1. The number of nitrogens with one attached hydrogen (secondary N) is 1. The van der Waals surface area contributed by atoms with Crippen LogP contribution in [0.3, 0.4) is 0 Å². The van der Waals surface area contributed by atoms with E-state index in [1.165, 1.54) is 0 Å². The molecule has 0 radical (unpaired) electrons. The fourth-order valence-corrected chi connectivity index (χ4v) is 1.41. The number of ether oxygens (including phenoxy) is 3. The molecule has 0 saturated carbocycles. The molecule has 0 bridgehead atoms. The summed E-state index contributed by atoms with van der Waals surface area (Å²) in [6.07, 6.45) is 0. The van der Waals surface area contributed by atoms with Crippen LogP contribution in [0.15, 0.2) is 12.1 Å². The van der Waals surface area contributed by atoms with Crippen LogP contribution < -0.4 is 19.5 Å². The maximum Gasteiger partial charge on any atom is 0.203 e. The number of rotatable bonds is 6. The number of methoxy groups -OCH3 is 2. The van der Waals surface area contributed by atoms with E-state index in [1.807, 2.05) is 26.1 Å². The fourth-order valence-electron chi connectivity index (χ4n) is 1.41. The summed E-state index contributed by atoms with van der Waals surface area (Å²) in [5, 5.41) is 3.02. The highest BCUT2D eigenvalue weighted by Gasteiger charge is 2.12. The molecule has 0 saturated heterocycles. The van der Waals surface area contributed by atoms with E-state index in [2.05, 4.69) is 5.32 Å². The zero-order valence-electron chi connectivity index (χ0n) is 10.3. The second kappa shape index (κ2) is 6.23. The fraction of sp³-hybridized carbons (Fsp3) is 0.500. The lowest BCUT2D eigenvalue weighted by atomic mass is 10.2. The van der Waals surface area contributed by atoms with Crippen molar-refractivity contribution in [1.29, 1.82) is 0 Å². The highest BCUT2D eigenvalue weighted by Crippen LogP contribution is 2.38. The molecule has 0 heterocycles. The number of likely N-dealkylation sites (N-methyl/N-ethyl adjacent to an activating group) is 1. The lowest BCUT2D eigenvalue weighted by molar-refractivity contribution is 0.276. The molecule has 0 fully saturated rings. The first-order valence-corrected chi connectivity index (χ1v) is 5.23. The summed E-state index contributed by atoms with van der Waals surface area (Å²) in [6, 6.07) is 3.86. The van der Waals surface area contributed by atoms with Gasteiger partial charge in [0, 0.05) is 6.54 Å². The predicted octanol–water partition coefficient (Wildman–Crippen LogP) is 1.61. The van der Waals surface area contributed by atoms with Gasteiger partial charge in [0.2, 0.25) is 5.75 Å². The van der Waals surface area contributed by atoms with Gasteiger partial charge in [-0.25, -0.2) is 0 Å². The van der Waals surface area contributed by atoms with Crippen molar-refractivity contribution in [3.05, 3.63) is 17.7 Å². The van der Waals surface area contributed by atoms with Crippen LogP contribution in [0.2, 0.25) is 0 Å². The number of hydrogen-bond donors (Lipinski definition) is 1. The third kappa shape index (κ3) is 3.03. The molecule has 0 amide bonds. The monoisotopic (exact) mass is 225 g/mol. The second-order valence-corrected chi connectivity index (χ2v) is 3.45. The largest absolute Gasteiger partial charge is 0.493 e. The number of aryl methyl sites for hydroxylation is 1. The van der Waals surface area contributed by atoms with Gasteiger partial charge in [-0.2, -0.15) is 0 Å². The molecule has 0 aliphatic carbocycles. The second-order valence-electron chi connectivity index (χ2n) is 3.45. The quantitative estimate of drug-likeness (QED) is 0.747. The molecule has 0 aliphatic rings. The molecule has 0 atom stereocenters. The molecule has 0 unspecified atom stereocenters. The van der Waals surface area contributed by atoms with Gasteiger partial charge in [0.15, 0.2) is 11.5 Å². The molecule has 16 heavy (non-hydrogen) atoms. The molecule has 4 heteroatoms. The maximum absolute atomic E-state index is 5.63. The molecular formula is C12H19NO3. The van der Waals surface area contributed by atoms with E-state index in [4.69, 9.17) is 14.2 Å². The van der Waals surface area contributed by atoms with Crippen LogP contribution in [0.25, 0.3) is 0 Å². The molecule has 0 spiro atoms. The van der Waals surface area contributed by atoms with E-state index in [1.54, 1.807) is 14.2 Å². The van der Waals surface area contributed by atoms with E-state index >= 15 is 0 Å². The topological polar surface area (TPSA) is 39.7 Å². The normalized spacial score (nSPS) is 10.0. The summed E-state index contributed by atoms with van der Waals surface area (Å²) in [7, 11) is 5.13. The van der Waals surface area contributed by atoms with Crippen LogP contribution in [-0.4, -0.2) is 34.4 Å². The van der Waals surface area contributed by atoms with E-state index < -0.39 is 0 Å². The zero-order chi connectivity index (χ0) is 12.0. The van der Waals surface area contributed by atoms with Crippen LogP contribution in [0.1, 0.15) is 5.56 Å². The minimum absolute atomic E-state index is 0.576. The van der Waals surface area contributed by atoms with Crippen molar-refractivity contribution in [2.45, 2.75) is 6.92 Å². The van der Waals surface area contributed by atoms with E-state index in [-0.39, 0.29) is 0 Å². The summed E-state index contributed by atoms with van der Waals surface area (Å²) in [5.74, 6) is 2.06. The molecule has 1 rings (SSSR count). The zero-order valence-corrected chi connectivity index (χ0v) is 10.3. The first kappa shape index (κ1) is 12.6.